The molecule has 0 aromatic heterocycles. The average molecular weight is 205 g/mol. The molecule has 0 amide bonds. The van der Waals surface area contributed by atoms with Crippen molar-refractivity contribution in [2.75, 3.05) is 6.54 Å². The SMILES string of the molecule is Cc1ccccc1CCCCN=C=S. The van der Waals surface area contributed by atoms with Crippen LogP contribution in [-0.2, 0) is 6.42 Å². The summed E-state index contributed by atoms with van der Waals surface area (Å²) >= 11 is 4.50. The second-order valence-electron chi connectivity index (χ2n) is 3.36. The van der Waals surface area contributed by atoms with Crippen LogP contribution in [0.1, 0.15) is 24.0 Å². The third-order valence-electron chi connectivity index (χ3n) is 2.29. The van der Waals surface area contributed by atoms with Gasteiger partial charge in [0.15, 0.2) is 0 Å². The van der Waals surface area contributed by atoms with Crippen LogP contribution < -0.4 is 0 Å². The average Bonchev–Trinajstić information content (AvgIpc) is 2.20. The minimum absolute atomic E-state index is 0.815. The lowest BCUT2D eigenvalue weighted by Gasteiger charge is -2.03. The Morgan fingerprint density at radius 2 is 2.07 bits per heavy atom. The lowest BCUT2D eigenvalue weighted by Crippen LogP contribution is -1.90. The highest BCUT2D eigenvalue weighted by molar-refractivity contribution is 7.78. The van der Waals surface area contributed by atoms with Gasteiger partial charge >= 0.3 is 0 Å². The third-order valence-corrected chi connectivity index (χ3v) is 2.42. The van der Waals surface area contributed by atoms with Crippen molar-refractivity contribution in [3.8, 4) is 0 Å². The van der Waals surface area contributed by atoms with Crippen LogP contribution in [0.5, 0.6) is 0 Å². The van der Waals surface area contributed by atoms with E-state index in [1.165, 1.54) is 17.5 Å². The molecule has 1 aromatic carbocycles. The minimum atomic E-state index is 0.815. The maximum atomic E-state index is 4.50. The molecule has 0 aliphatic rings. The van der Waals surface area contributed by atoms with Crippen molar-refractivity contribution in [1.29, 1.82) is 0 Å². The molecule has 0 heterocycles. The van der Waals surface area contributed by atoms with Gasteiger partial charge in [-0.1, -0.05) is 24.3 Å². The van der Waals surface area contributed by atoms with Crippen LogP contribution in [0.2, 0.25) is 0 Å². The first-order valence-electron chi connectivity index (χ1n) is 4.92. The highest BCUT2D eigenvalue weighted by Crippen LogP contribution is 2.10. The first-order valence-corrected chi connectivity index (χ1v) is 5.33. The van der Waals surface area contributed by atoms with E-state index in [2.05, 4.69) is 53.6 Å². The van der Waals surface area contributed by atoms with E-state index in [1.54, 1.807) is 0 Å². The van der Waals surface area contributed by atoms with Crippen molar-refractivity contribution in [2.24, 2.45) is 4.99 Å². The van der Waals surface area contributed by atoms with E-state index >= 15 is 0 Å². The van der Waals surface area contributed by atoms with Crippen molar-refractivity contribution >= 4 is 17.4 Å². The molecule has 1 nitrogen and oxygen atoms in total. The Labute approximate surface area is 90.9 Å². The molecule has 0 fully saturated rings. The molecule has 2 heteroatoms. The number of benzene rings is 1. The van der Waals surface area contributed by atoms with Gasteiger partial charge in [0, 0.05) is 6.54 Å². The van der Waals surface area contributed by atoms with Crippen molar-refractivity contribution in [1.82, 2.24) is 0 Å². The van der Waals surface area contributed by atoms with Gasteiger partial charge in [-0.3, -0.25) is 0 Å². The Hall–Kier alpha value is -0.980. The Morgan fingerprint density at radius 3 is 2.79 bits per heavy atom. The topological polar surface area (TPSA) is 12.4 Å². The second kappa shape index (κ2) is 6.47. The van der Waals surface area contributed by atoms with Crippen LogP contribution >= 0.6 is 12.2 Å². The quantitative estimate of drug-likeness (QED) is 0.407. The van der Waals surface area contributed by atoms with Crippen molar-refractivity contribution in [3.63, 3.8) is 0 Å². The summed E-state index contributed by atoms with van der Waals surface area (Å²) < 4.78 is 0. The van der Waals surface area contributed by atoms with E-state index in [9.17, 15) is 0 Å². The molecule has 0 atom stereocenters. The molecule has 0 saturated carbocycles. The summed E-state index contributed by atoms with van der Waals surface area (Å²) in [5.41, 5.74) is 2.82. The fourth-order valence-electron chi connectivity index (χ4n) is 1.44. The number of aryl methyl sites for hydroxylation is 2. The molecule has 0 N–H and O–H groups in total. The van der Waals surface area contributed by atoms with Gasteiger partial charge in [-0.15, -0.1) is 0 Å². The van der Waals surface area contributed by atoms with Crippen LogP contribution in [-0.4, -0.2) is 11.7 Å². The number of hydrogen-bond acceptors (Lipinski definition) is 2. The number of thiocarbonyl (C=S) groups is 1. The van der Waals surface area contributed by atoms with Gasteiger partial charge in [-0.2, -0.15) is 0 Å². The highest BCUT2D eigenvalue weighted by atomic mass is 32.1. The van der Waals surface area contributed by atoms with Gasteiger partial charge in [-0.25, -0.2) is 4.99 Å². The molecule has 0 bridgehead atoms. The highest BCUT2D eigenvalue weighted by Gasteiger charge is 1.95. The summed E-state index contributed by atoms with van der Waals surface area (Å²) in [6.45, 7) is 2.97. The maximum Gasteiger partial charge on any atom is 0.0584 e. The number of isothiocyanates is 1. The Bertz CT molecular complexity index is 327. The standard InChI is InChI=1S/C12H15NS/c1-11-6-2-3-7-12(11)8-4-5-9-13-10-14/h2-3,6-7H,4-5,8-9H2,1H3. The van der Waals surface area contributed by atoms with Gasteiger partial charge in [0.1, 0.15) is 0 Å². The zero-order valence-electron chi connectivity index (χ0n) is 8.49. The molecule has 1 aromatic rings. The fourth-order valence-corrected chi connectivity index (χ4v) is 1.53. The molecule has 0 saturated heterocycles. The van der Waals surface area contributed by atoms with Gasteiger partial charge in [0.05, 0.1) is 5.16 Å². The van der Waals surface area contributed by atoms with Crippen LogP contribution in [0.15, 0.2) is 29.3 Å². The zero-order valence-corrected chi connectivity index (χ0v) is 9.31. The van der Waals surface area contributed by atoms with E-state index in [1.807, 2.05) is 0 Å². The molecule has 0 spiro atoms. The number of unbranched alkanes of at least 4 members (excludes halogenated alkanes) is 1. The molecular formula is C12H15NS. The van der Waals surface area contributed by atoms with E-state index in [0.29, 0.717) is 0 Å². The lowest BCUT2D eigenvalue weighted by atomic mass is 10.0. The summed E-state index contributed by atoms with van der Waals surface area (Å²) in [6, 6.07) is 8.52. The molecule has 0 radical (unpaired) electrons. The largest absolute Gasteiger partial charge is 0.233 e. The van der Waals surface area contributed by atoms with E-state index in [0.717, 1.165) is 19.4 Å². The van der Waals surface area contributed by atoms with Gasteiger partial charge < -0.3 is 0 Å². The first-order chi connectivity index (χ1) is 6.84. The Balaban J connectivity index is 2.31. The van der Waals surface area contributed by atoms with E-state index in [4.69, 9.17) is 0 Å². The Morgan fingerprint density at radius 1 is 1.29 bits per heavy atom. The monoisotopic (exact) mass is 205 g/mol. The smallest absolute Gasteiger partial charge is 0.0584 e. The van der Waals surface area contributed by atoms with Gasteiger partial charge in [0.2, 0.25) is 0 Å². The van der Waals surface area contributed by atoms with Crippen molar-refractivity contribution in [3.05, 3.63) is 35.4 Å². The number of rotatable bonds is 5. The minimum Gasteiger partial charge on any atom is -0.233 e. The second-order valence-corrected chi connectivity index (χ2v) is 3.54. The van der Waals surface area contributed by atoms with Crippen molar-refractivity contribution in [2.45, 2.75) is 26.2 Å². The molecule has 0 aliphatic carbocycles. The summed E-state index contributed by atoms with van der Waals surface area (Å²) in [7, 11) is 0. The Kier molecular flexibility index (Phi) is 5.13. The number of hydrogen-bond donors (Lipinski definition) is 0. The molecule has 0 aliphatic heterocycles. The molecular weight excluding hydrogens is 190 g/mol. The van der Waals surface area contributed by atoms with E-state index in [-0.39, 0.29) is 0 Å². The number of nitrogens with zero attached hydrogens (tertiary/aromatic N) is 1. The summed E-state index contributed by atoms with van der Waals surface area (Å²) in [6.07, 6.45) is 3.41. The maximum absolute atomic E-state index is 4.50. The van der Waals surface area contributed by atoms with Crippen LogP contribution in [0, 0.1) is 6.92 Å². The van der Waals surface area contributed by atoms with Crippen LogP contribution in [0.25, 0.3) is 0 Å². The van der Waals surface area contributed by atoms with Gasteiger partial charge in [-0.05, 0) is 49.5 Å². The zero-order chi connectivity index (χ0) is 10.2. The number of aliphatic imine (C=N–C) groups is 1. The summed E-state index contributed by atoms with van der Waals surface area (Å²) in [4.78, 5) is 3.89. The molecule has 0 unspecified atom stereocenters. The summed E-state index contributed by atoms with van der Waals surface area (Å²) in [5.74, 6) is 0. The third kappa shape index (κ3) is 3.82. The fraction of sp³-hybridized carbons (Fsp3) is 0.417. The van der Waals surface area contributed by atoms with Crippen LogP contribution in [0.3, 0.4) is 0 Å². The predicted octanol–water partition coefficient (Wildman–Crippen LogP) is 3.42. The molecule has 74 valence electrons. The lowest BCUT2D eigenvalue weighted by molar-refractivity contribution is 0.745. The molecule has 14 heavy (non-hydrogen) atoms. The normalized spacial score (nSPS) is 9.50. The van der Waals surface area contributed by atoms with Crippen LogP contribution in [0.4, 0.5) is 0 Å². The first kappa shape index (κ1) is 11.1. The summed E-state index contributed by atoms with van der Waals surface area (Å²) in [5, 5.41) is 2.39. The van der Waals surface area contributed by atoms with Gasteiger partial charge in [0.25, 0.3) is 0 Å². The van der Waals surface area contributed by atoms with E-state index < -0.39 is 0 Å². The van der Waals surface area contributed by atoms with Crippen molar-refractivity contribution < 1.29 is 0 Å². The molecule has 1 rings (SSSR count). The predicted molar refractivity (Wildman–Crippen MR) is 64.0 cm³/mol.